The topological polar surface area (TPSA) is 119 Å². The number of phosphoric acid groups is 1. The molecule has 0 aliphatic heterocycles. The molecular formula is C43H75O8P. The van der Waals surface area contributed by atoms with Gasteiger partial charge in [-0.15, -0.1) is 0 Å². The van der Waals surface area contributed by atoms with Crippen molar-refractivity contribution >= 4 is 19.8 Å². The lowest BCUT2D eigenvalue weighted by Crippen LogP contribution is -2.29. The molecule has 0 saturated carbocycles. The van der Waals surface area contributed by atoms with E-state index in [2.05, 4.69) is 79.1 Å². The second-order valence-electron chi connectivity index (χ2n) is 13.6. The predicted octanol–water partition coefficient (Wildman–Crippen LogP) is 12.5. The number of rotatable bonds is 37. The minimum absolute atomic E-state index is 0.192. The van der Waals surface area contributed by atoms with Crippen LogP contribution in [0, 0.1) is 0 Å². The summed E-state index contributed by atoms with van der Waals surface area (Å²) in [6, 6.07) is 0. The highest BCUT2D eigenvalue weighted by Gasteiger charge is 2.22. The molecule has 9 heteroatoms. The molecule has 0 saturated heterocycles. The fraction of sp³-hybridized carbons (Fsp3) is 0.721. The first-order valence-corrected chi connectivity index (χ1v) is 22.1. The van der Waals surface area contributed by atoms with Gasteiger partial charge in [0.2, 0.25) is 0 Å². The largest absolute Gasteiger partial charge is 0.469 e. The Morgan fingerprint density at radius 3 is 1.40 bits per heavy atom. The molecule has 0 spiro atoms. The third-order valence-electron chi connectivity index (χ3n) is 8.52. The van der Waals surface area contributed by atoms with Gasteiger partial charge in [0.05, 0.1) is 6.61 Å². The average molecular weight is 751 g/mol. The number of ether oxygens (including phenoxy) is 2. The third-order valence-corrected chi connectivity index (χ3v) is 9.01. The molecule has 300 valence electrons. The number of unbranched alkanes of at least 4 members (excludes halogenated alkanes) is 17. The van der Waals surface area contributed by atoms with Crippen molar-refractivity contribution < 1.29 is 37.9 Å². The Hall–Kier alpha value is -2.25. The van der Waals surface area contributed by atoms with Gasteiger partial charge in [0, 0.05) is 12.8 Å². The average Bonchev–Trinajstić information content (AvgIpc) is 3.11. The number of phosphoric ester groups is 1. The highest BCUT2D eigenvalue weighted by Crippen LogP contribution is 2.36. The van der Waals surface area contributed by atoms with Crippen molar-refractivity contribution in [2.75, 3.05) is 13.2 Å². The Kier molecular flexibility index (Phi) is 36.8. The molecule has 0 amide bonds. The molecule has 0 aromatic rings. The summed E-state index contributed by atoms with van der Waals surface area (Å²) in [6.07, 6.45) is 47.9. The maximum absolute atomic E-state index is 12.4. The summed E-state index contributed by atoms with van der Waals surface area (Å²) in [6.45, 7) is 3.54. The minimum atomic E-state index is -4.76. The van der Waals surface area contributed by atoms with Crippen molar-refractivity contribution in [2.24, 2.45) is 0 Å². The zero-order valence-corrected chi connectivity index (χ0v) is 33.8. The summed E-state index contributed by atoms with van der Waals surface area (Å²) in [5.74, 6) is -0.913. The van der Waals surface area contributed by atoms with Crippen LogP contribution >= 0.6 is 7.82 Å². The van der Waals surface area contributed by atoms with Crippen LogP contribution in [-0.2, 0) is 28.2 Å². The van der Waals surface area contributed by atoms with E-state index in [4.69, 9.17) is 19.3 Å². The fourth-order valence-corrected chi connectivity index (χ4v) is 5.84. The van der Waals surface area contributed by atoms with Gasteiger partial charge in [0.15, 0.2) is 6.10 Å². The normalized spacial score (nSPS) is 13.1. The van der Waals surface area contributed by atoms with E-state index in [0.29, 0.717) is 12.8 Å². The van der Waals surface area contributed by atoms with Crippen molar-refractivity contribution in [3.05, 3.63) is 60.8 Å². The fourth-order valence-electron chi connectivity index (χ4n) is 5.48. The Bertz CT molecular complexity index is 1030. The van der Waals surface area contributed by atoms with Gasteiger partial charge in [-0.1, -0.05) is 152 Å². The van der Waals surface area contributed by atoms with E-state index in [0.717, 1.165) is 96.3 Å². The van der Waals surface area contributed by atoms with Crippen molar-refractivity contribution in [1.29, 1.82) is 0 Å². The number of hydrogen-bond acceptors (Lipinski definition) is 6. The Labute approximate surface area is 317 Å². The van der Waals surface area contributed by atoms with E-state index >= 15 is 0 Å². The first-order valence-electron chi connectivity index (χ1n) is 20.6. The smallest absolute Gasteiger partial charge is 0.462 e. The SMILES string of the molecule is CC/C=C\C/C=C\C/C=C\C/C=C\CCCCCCCCC(=O)OC(COC(=O)CCCCCCC/C=C\CCCCCCCC)COP(=O)(O)O. The van der Waals surface area contributed by atoms with Crippen LogP contribution in [0.1, 0.15) is 181 Å². The van der Waals surface area contributed by atoms with Gasteiger partial charge in [-0.05, 0) is 77.0 Å². The van der Waals surface area contributed by atoms with Crippen LogP contribution < -0.4 is 0 Å². The summed E-state index contributed by atoms with van der Waals surface area (Å²) in [5.41, 5.74) is 0. The Morgan fingerprint density at radius 2 is 0.923 bits per heavy atom. The first kappa shape index (κ1) is 49.8. The van der Waals surface area contributed by atoms with Crippen LogP contribution in [0.15, 0.2) is 60.8 Å². The Balaban J connectivity index is 3.98. The second-order valence-corrected chi connectivity index (χ2v) is 14.8. The highest BCUT2D eigenvalue weighted by atomic mass is 31.2. The standard InChI is InChI=1S/C43H75O8P/c1-3-5-7-9-11-13-15-17-19-20-21-22-24-26-28-30-32-34-36-38-43(45)51-41(40-50-52(46,47)48)39-49-42(44)37-35-33-31-29-27-25-23-18-16-14-12-10-8-6-4-2/h5,7,11,13,17-19,21-23,41H,3-4,6,8-10,12,14-16,20,24-40H2,1-2H3,(H2,46,47,48)/b7-5-,13-11-,19-17-,22-21-,23-18-. The van der Waals surface area contributed by atoms with Crippen LogP contribution in [0.2, 0.25) is 0 Å². The molecule has 2 N–H and O–H groups in total. The van der Waals surface area contributed by atoms with Crippen LogP contribution in [0.25, 0.3) is 0 Å². The van der Waals surface area contributed by atoms with Gasteiger partial charge in [-0.25, -0.2) is 4.57 Å². The highest BCUT2D eigenvalue weighted by molar-refractivity contribution is 7.46. The maximum atomic E-state index is 12.4. The number of carbonyl (C=O) groups is 2. The molecule has 0 aliphatic carbocycles. The van der Waals surface area contributed by atoms with Crippen LogP contribution in [0.3, 0.4) is 0 Å². The van der Waals surface area contributed by atoms with E-state index in [1.165, 1.54) is 44.9 Å². The van der Waals surface area contributed by atoms with Crippen LogP contribution in [0.4, 0.5) is 0 Å². The molecule has 0 aromatic heterocycles. The molecule has 0 aliphatic rings. The summed E-state index contributed by atoms with van der Waals surface area (Å²) in [4.78, 5) is 42.8. The zero-order valence-electron chi connectivity index (χ0n) is 32.9. The quantitative estimate of drug-likeness (QED) is 0.0279. The molecular weight excluding hydrogens is 675 g/mol. The Morgan fingerprint density at radius 1 is 0.519 bits per heavy atom. The van der Waals surface area contributed by atoms with Crippen molar-refractivity contribution in [1.82, 2.24) is 0 Å². The van der Waals surface area contributed by atoms with E-state index in [9.17, 15) is 14.2 Å². The van der Waals surface area contributed by atoms with Gasteiger partial charge >= 0.3 is 19.8 Å². The van der Waals surface area contributed by atoms with Crippen LogP contribution in [-0.4, -0.2) is 41.0 Å². The minimum Gasteiger partial charge on any atom is -0.462 e. The molecule has 0 heterocycles. The summed E-state index contributed by atoms with van der Waals surface area (Å²) < 4.78 is 26.4. The molecule has 0 fully saturated rings. The summed E-state index contributed by atoms with van der Waals surface area (Å²) >= 11 is 0. The summed E-state index contributed by atoms with van der Waals surface area (Å²) in [5, 5.41) is 0. The van der Waals surface area contributed by atoms with Gasteiger partial charge < -0.3 is 19.3 Å². The van der Waals surface area contributed by atoms with Crippen LogP contribution in [0.5, 0.6) is 0 Å². The van der Waals surface area contributed by atoms with E-state index < -0.39 is 32.5 Å². The van der Waals surface area contributed by atoms with Gasteiger partial charge in [-0.3, -0.25) is 14.1 Å². The third kappa shape index (κ3) is 40.5. The van der Waals surface area contributed by atoms with Crippen molar-refractivity contribution in [2.45, 2.75) is 187 Å². The molecule has 52 heavy (non-hydrogen) atoms. The van der Waals surface area contributed by atoms with E-state index in [1.807, 2.05) is 0 Å². The molecule has 0 bridgehead atoms. The lowest BCUT2D eigenvalue weighted by molar-refractivity contribution is -0.161. The number of esters is 2. The zero-order chi connectivity index (χ0) is 38.2. The van der Waals surface area contributed by atoms with Gasteiger partial charge in [0.25, 0.3) is 0 Å². The lowest BCUT2D eigenvalue weighted by Gasteiger charge is -2.18. The van der Waals surface area contributed by atoms with Gasteiger partial charge in [-0.2, -0.15) is 0 Å². The molecule has 0 rings (SSSR count). The predicted molar refractivity (Wildman–Crippen MR) is 216 cm³/mol. The molecule has 8 nitrogen and oxygen atoms in total. The van der Waals surface area contributed by atoms with Gasteiger partial charge in [0.1, 0.15) is 6.61 Å². The molecule has 0 radical (unpaired) electrons. The van der Waals surface area contributed by atoms with E-state index in [-0.39, 0.29) is 19.4 Å². The second kappa shape index (κ2) is 38.5. The van der Waals surface area contributed by atoms with Crippen molar-refractivity contribution in [3.63, 3.8) is 0 Å². The number of carbonyl (C=O) groups excluding carboxylic acids is 2. The lowest BCUT2D eigenvalue weighted by atomic mass is 10.1. The molecule has 1 unspecified atom stereocenters. The number of allylic oxidation sites excluding steroid dienone is 10. The molecule has 0 aromatic carbocycles. The van der Waals surface area contributed by atoms with E-state index in [1.54, 1.807) is 0 Å². The molecule has 1 atom stereocenters. The maximum Gasteiger partial charge on any atom is 0.469 e. The summed E-state index contributed by atoms with van der Waals surface area (Å²) in [7, 11) is -4.76. The van der Waals surface area contributed by atoms with Crippen molar-refractivity contribution in [3.8, 4) is 0 Å². The monoisotopic (exact) mass is 751 g/mol. The number of hydrogen-bond donors (Lipinski definition) is 2. The first-order chi connectivity index (χ1) is 25.3.